The smallest absolute Gasteiger partial charge is 0.281 e. The molecule has 3 aromatic rings. The van der Waals surface area contributed by atoms with Crippen LogP contribution < -0.4 is 21.9 Å². The minimum Gasteiger partial charge on any atom is -0.382 e. The van der Waals surface area contributed by atoms with E-state index >= 15 is 0 Å². The Morgan fingerprint density at radius 2 is 1.91 bits per heavy atom. The molecular formula is C24H26F2N6OS. The van der Waals surface area contributed by atoms with Gasteiger partial charge < -0.3 is 16.4 Å². The van der Waals surface area contributed by atoms with E-state index in [-0.39, 0.29) is 38.3 Å². The third-order valence-electron chi connectivity index (χ3n) is 7.10. The van der Waals surface area contributed by atoms with Crippen molar-refractivity contribution in [1.82, 2.24) is 14.5 Å². The minimum absolute atomic E-state index is 0.00464. The van der Waals surface area contributed by atoms with Crippen molar-refractivity contribution < 1.29 is 8.78 Å². The average Bonchev–Trinajstić information content (AvgIpc) is 3.11. The summed E-state index contributed by atoms with van der Waals surface area (Å²) in [6.07, 6.45) is 1.26. The van der Waals surface area contributed by atoms with Crippen LogP contribution in [0.25, 0.3) is 0 Å². The average molecular weight is 485 g/mol. The third-order valence-corrected chi connectivity index (χ3v) is 8.26. The van der Waals surface area contributed by atoms with Gasteiger partial charge in [-0.05, 0) is 47.9 Å². The van der Waals surface area contributed by atoms with Crippen molar-refractivity contribution in [2.75, 3.05) is 23.7 Å². The van der Waals surface area contributed by atoms with Crippen LogP contribution in [0.2, 0.25) is 0 Å². The monoisotopic (exact) mass is 484 g/mol. The predicted molar refractivity (Wildman–Crippen MR) is 128 cm³/mol. The number of benzene rings is 1. The van der Waals surface area contributed by atoms with Gasteiger partial charge in [-0.25, -0.2) is 8.78 Å². The first-order valence-electron chi connectivity index (χ1n) is 11.2. The van der Waals surface area contributed by atoms with Crippen LogP contribution in [0.5, 0.6) is 0 Å². The number of anilines is 2. The SMILES string of the molecule is Cn1c(N2CCC3(CC2)Cc2ccccc2[C@H]3N)nc(N)c(Sc2cccnc2C(F)F)c1=O. The molecule has 0 amide bonds. The summed E-state index contributed by atoms with van der Waals surface area (Å²) in [6.45, 7) is 1.40. The highest BCUT2D eigenvalue weighted by Gasteiger charge is 2.46. The van der Waals surface area contributed by atoms with E-state index in [0.29, 0.717) is 19.0 Å². The molecule has 0 saturated carbocycles. The Kier molecular flexibility index (Phi) is 5.81. The van der Waals surface area contributed by atoms with Crippen molar-refractivity contribution >= 4 is 23.5 Å². The number of hydrogen-bond acceptors (Lipinski definition) is 7. The Balaban J connectivity index is 1.38. The first kappa shape index (κ1) is 22.8. The zero-order chi connectivity index (χ0) is 24.0. The van der Waals surface area contributed by atoms with Crippen LogP contribution in [0.1, 0.15) is 42.1 Å². The molecule has 1 saturated heterocycles. The lowest BCUT2D eigenvalue weighted by Crippen LogP contribution is -2.46. The molecule has 1 aliphatic heterocycles. The van der Waals surface area contributed by atoms with Gasteiger partial charge in [0.15, 0.2) is 0 Å². The first-order valence-corrected chi connectivity index (χ1v) is 12.0. The number of nitrogen functional groups attached to an aromatic ring is 1. The number of pyridine rings is 1. The molecule has 1 aliphatic carbocycles. The van der Waals surface area contributed by atoms with E-state index in [0.717, 1.165) is 31.0 Å². The fraction of sp³-hybridized carbons (Fsp3) is 0.375. The third kappa shape index (κ3) is 3.74. The molecule has 10 heteroatoms. The lowest BCUT2D eigenvalue weighted by Gasteiger charge is -2.42. The number of hydrogen-bond donors (Lipinski definition) is 2. The fourth-order valence-electron chi connectivity index (χ4n) is 5.19. The van der Waals surface area contributed by atoms with Gasteiger partial charge in [0.2, 0.25) is 5.95 Å². The molecule has 0 unspecified atom stereocenters. The molecule has 2 aromatic heterocycles. The van der Waals surface area contributed by atoms with Crippen LogP contribution in [-0.2, 0) is 13.5 Å². The van der Waals surface area contributed by atoms with E-state index < -0.39 is 6.43 Å². The fourth-order valence-corrected chi connectivity index (χ4v) is 6.17. The largest absolute Gasteiger partial charge is 0.382 e. The molecule has 1 atom stereocenters. The minimum atomic E-state index is -2.75. The van der Waals surface area contributed by atoms with Gasteiger partial charge in [-0.2, -0.15) is 4.98 Å². The van der Waals surface area contributed by atoms with Gasteiger partial charge in [-0.3, -0.25) is 14.3 Å². The zero-order valence-corrected chi connectivity index (χ0v) is 19.6. The second-order valence-electron chi connectivity index (χ2n) is 8.98. The quantitative estimate of drug-likeness (QED) is 0.582. The molecule has 34 heavy (non-hydrogen) atoms. The molecule has 5 rings (SSSR count). The molecule has 2 aliphatic rings. The van der Waals surface area contributed by atoms with Crippen LogP contribution in [0.4, 0.5) is 20.5 Å². The standard InChI is InChI=1S/C24H26F2N6OS/c1-31-22(33)18(34-16-7-4-10-29-17(16)20(25)26)21(28)30-23(31)32-11-8-24(9-12-32)13-14-5-2-3-6-15(14)19(24)27/h2-7,10,19-20H,8-9,11-13,27-28H2,1H3/t19-/m1/s1. The number of alkyl halides is 2. The molecule has 1 fully saturated rings. The van der Waals surface area contributed by atoms with Crippen molar-refractivity contribution in [3.05, 3.63) is 69.8 Å². The van der Waals surface area contributed by atoms with Crippen LogP contribution in [0, 0.1) is 5.41 Å². The predicted octanol–water partition coefficient (Wildman–Crippen LogP) is 3.69. The van der Waals surface area contributed by atoms with Gasteiger partial charge in [0.05, 0.1) is 0 Å². The topological polar surface area (TPSA) is 103 Å². The maximum absolute atomic E-state index is 13.3. The van der Waals surface area contributed by atoms with Crippen molar-refractivity contribution in [3.8, 4) is 0 Å². The molecule has 178 valence electrons. The molecule has 1 aromatic carbocycles. The van der Waals surface area contributed by atoms with Crippen LogP contribution in [0.3, 0.4) is 0 Å². The molecule has 0 bridgehead atoms. The van der Waals surface area contributed by atoms with Crippen molar-refractivity contribution in [3.63, 3.8) is 0 Å². The van der Waals surface area contributed by atoms with Gasteiger partial charge in [-0.1, -0.05) is 36.0 Å². The summed E-state index contributed by atoms with van der Waals surface area (Å²) in [5.74, 6) is 0.503. The maximum Gasteiger partial charge on any atom is 0.281 e. The lowest BCUT2D eigenvalue weighted by molar-refractivity contribution is 0.142. The van der Waals surface area contributed by atoms with E-state index in [1.807, 2.05) is 6.07 Å². The van der Waals surface area contributed by atoms with E-state index in [9.17, 15) is 13.6 Å². The summed E-state index contributed by atoms with van der Waals surface area (Å²) in [4.78, 5) is 23.8. The van der Waals surface area contributed by atoms with Crippen LogP contribution >= 0.6 is 11.8 Å². The highest BCUT2D eigenvalue weighted by molar-refractivity contribution is 7.99. The normalized spacial score (nSPS) is 19.1. The van der Waals surface area contributed by atoms with E-state index in [1.165, 1.54) is 28.0 Å². The summed E-state index contributed by atoms with van der Waals surface area (Å²) < 4.78 is 28.1. The summed E-state index contributed by atoms with van der Waals surface area (Å²) >= 11 is 0.875. The zero-order valence-electron chi connectivity index (χ0n) is 18.7. The van der Waals surface area contributed by atoms with E-state index in [4.69, 9.17) is 11.5 Å². The number of fused-ring (bicyclic) bond motifs is 1. The molecule has 4 N–H and O–H groups in total. The summed E-state index contributed by atoms with van der Waals surface area (Å²) in [7, 11) is 1.63. The van der Waals surface area contributed by atoms with Crippen molar-refractivity contribution in [2.45, 2.75) is 41.5 Å². The van der Waals surface area contributed by atoms with Crippen molar-refractivity contribution in [1.29, 1.82) is 0 Å². The molecule has 0 radical (unpaired) electrons. The molecular weight excluding hydrogens is 458 g/mol. The Labute approximate surface area is 200 Å². The highest BCUT2D eigenvalue weighted by atomic mass is 32.2. The number of nitrogens with zero attached hydrogens (tertiary/aromatic N) is 4. The van der Waals surface area contributed by atoms with Gasteiger partial charge in [-0.15, -0.1) is 0 Å². The summed E-state index contributed by atoms with van der Waals surface area (Å²) in [5.41, 5.74) is 14.6. The van der Waals surface area contributed by atoms with Gasteiger partial charge in [0.25, 0.3) is 12.0 Å². The van der Waals surface area contributed by atoms with Gasteiger partial charge in [0.1, 0.15) is 16.4 Å². The lowest BCUT2D eigenvalue weighted by atomic mass is 9.73. The van der Waals surface area contributed by atoms with Crippen LogP contribution in [-0.4, -0.2) is 27.6 Å². The Morgan fingerprint density at radius 1 is 1.18 bits per heavy atom. The summed E-state index contributed by atoms with van der Waals surface area (Å²) in [6, 6.07) is 11.4. The Hall–Kier alpha value is -2.98. The maximum atomic E-state index is 13.3. The number of nitrogens with two attached hydrogens (primary N) is 2. The number of aromatic nitrogens is 3. The van der Waals surface area contributed by atoms with E-state index in [2.05, 4.69) is 33.1 Å². The number of halogens is 2. The molecule has 1 spiro atoms. The van der Waals surface area contributed by atoms with Gasteiger partial charge >= 0.3 is 0 Å². The second kappa shape index (κ2) is 8.66. The number of rotatable bonds is 4. The Bertz CT molecular complexity index is 1290. The van der Waals surface area contributed by atoms with Gasteiger partial charge in [0, 0.05) is 37.3 Å². The number of piperidine rings is 1. The second-order valence-corrected chi connectivity index (χ2v) is 10.0. The van der Waals surface area contributed by atoms with Crippen molar-refractivity contribution in [2.24, 2.45) is 18.2 Å². The van der Waals surface area contributed by atoms with Crippen LogP contribution in [0.15, 0.2) is 57.2 Å². The molecule has 3 heterocycles. The molecule has 7 nitrogen and oxygen atoms in total. The Morgan fingerprint density at radius 3 is 2.62 bits per heavy atom. The van der Waals surface area contributed by atoms with E-state index in [1.54, 1.807) is 13.1 Å². The first-order chi connectivity index (χ1) is 16.3. The highest BCUT2D eigenvalue weighted by Crippen LogP contribution is 2.51. The summed E-state index contributed by atoms with van der Waals surface area (Å²) in [5, 5.41) is 0.